The van der Waals surface area contributed by atoms with Crippen LogP contribution in [-0.4, -0.2) is 48.9 Å². The fourth-order valence-electron chi connectivity index (χ4n) is 2.52. The van der Waals surface area contributed by atoms with E-state index in [1.54, 1.807) is 36.1 Å². The van der Waals surface area contributed by atoms with Crippen molar-refractivity contribution in [3.8, 4) is 5.75 Å². The maximum absolute atomic E-state index is 12.3. The third kappa shape index (κ3) is 8.71. The van der Waals surface area contributed by atoms with E-state index in [-0.39, 0.29) is 24.9 Å². The molecule has 0 aliphatic carbocycles. The maximum atomic E-state index is 12.3. The molecule has 0 radical (unpaired) electrons. The molecule has 0 aromatic heterocycles. The van der Waals surface area contributed by atoms with Crippen molar-refractivity contribution in [2.75, 3.05) is 26.3 Å². The SMILES string of the molecule is CCC(=O)c1ccc(OCC(=O)OCC(=O)N(CC(C)C)CC(C)C)cc1. The summed E-state index contributed by atoms with van der Waals surface area (Å²) in [5, 5.41) is 0. The highest BCUT2D eigenvalue weighted by molar-refractivity contribution is 5.95. The summed E-state index contributed by atoms with van der Waals surface area (Å²) in [6.07, 6.45) is 0.436. The van der Waals surface area contributed by atoms with Crippen molar-refractivity contribution in [1.82, 2.24) is 4.90 Å². The van der Waals surface area contributed by atoms with Crippen molar-refractivity contribution >= 4 is 17.7 Å². The zero-order chi connectivity index (χ0) is 20.4. The standard InChI is InChI=1S/C21H31NO5/c1-6-19(23)17-7-9-18(10-8-17)26-14-21(25)27-13-20(24)22(11-15(2)3)12-16(4)5/h7-10,15-16H,6,11-14H2,1-5H3. The highest BCUT2D eigenvalue weighted by Crippen LogP contribution is 2.13. The number of benzene rings is 1. The van der Waals surface area contributed by atoms with Crippen molar-refractivity contribution in [2.45, 2.75) is 41.0 Å². The van der Waals surface area contributed by atoms with Gasteiger partial charge in [0.15, 0.2) is 19.0 Å². The third-order valence-electron chi connectivity index (χ3n) is 3.73. The molecule has 0 aliphatic heterocycles. The second kappa shape index (κ2) is 11.4. The number of ether oxygens (including phenoxy) is 2. The van der Waals surface area contributed by atoms with Gasteiger partial charge in [0.1, 0.15) is 5.75 Å². The average Bonchev–Trinajstić information content (AvgIpc) is 2.62. The third-order valence-corrected chi connectivity index (χ3v) is 3.73. The molecule has 1 aromatic rings. The number of hydrogen-bond donors (Lipinski definition) is 0. The van der Waals surface area contributed by atoms with Crippen LogP contribution in [-0.2, 0) is 14.3 Å². The Hall–Kier alpha value is -2.37. The molecule has 0 atom stereocenters. The molecular weight excluding hydrogens is 346 g/mol. The number of carbonyl (C=O) groups is 3. The predicted octanol–water partition coefficient (Wildman–Crippen LogP) is 3.34. The molecule has 0 bridgehead atoms. The molecule has 0 saturated heterocycles. The van der Waals surface area contributed by atoms with Crippen LogP contribution in [0.4, 0.5) is 0 Å². The molecule has 1 rings (SSSR count). The van der Waals surface area contributed by atoms with Gasteiger partial charge in [-0.2, -0.15) is 0 Å². The molecule has 0 N–H and O–H groups in total. The minimum atomic E-state index is -0.605. The molecule has 1 amide bonds. The number of esters is 1. The van der Waals surface area contributed by atoms with Gasteiger partial charge in [-0.05, 0) is 36.1 Å². The topological polar surface area (TPSA) is 72.9 Å². The lowest BCUT2D eigenvalue weighted by molar-refractivity contribution is -0.154. The molecule has 0 spiro atoms. The molecule has 0 aliphatic rings. The largest absolute Gasteiger partial charge is 0.482 e. The summed E-state index contributed by atoms with van der Waals surface area (Å²) in [7, 11) is 0. The first-order chi connectivity index (χ1) is 12.7. The number of hydrogen-bond acceptors (Lipinski definition) is 5. The number of ketones is 1. The van der Waals surface area contributed by atoms with Gasteiger partial charge in [-0.15, -0.1) is 0 Å². The van der Waals surface area contributed by atoms with Crippen molar-refractivity contribution < 1.29 is 23.9 Å². The molecule has 0 fully saturated rings. The molecule has 0 heterocycles. The summed E-state index contributed by atoms with van der Waals surface area (Å²) in [6, 6.07) is 6.58. The molecular formula is C21H31NO5. The normalized spacial score (nSPS) is 10.8. The van der Waals surface area contributed by atoms with Crippen LogP contribution < -0.4 is 4.74 Å². The summed E-state index contributed by atoms with van der Waals surface area (Å²) < 4.78 is 10.4. The monoisotopic (exact) mass is 377 g/mol. The van der Waals surface area contributed by atoms with Gasteiger partial charge >= 0.3 is 5.97 Å². The Morgan fingerprint density at radius 2 is 1.48 bits per heavy atom. The lowest BCUT2D eigenvalue weighted by Crippen LogP contribution is -2.39. The minimum absolute atomic E-state index is 0.0480. The van der Waals surface area contributed by atoms with Crippen LogP contribution >= 0.6 is 0 Å². The van der Waals surface area contributed by atoms with Gasteiger partial charge in [0.2, 0.25) is 0 Å². The first-order valence-electron chi connectivity index (χ1n) is 9.42. The van der Waals surface area contributed by atoms with Gasteiger partial charge in [0, 0.05) is 25.1 Å². The fraction of sp³-hybridized carbons (Fsp3) is 0.571. The van der Waals surface area contributed by atoms with Crippen LogP contribution in [0.5, 0.6) is 5.75 Å². The van der Waals surface area contributed by atoms with Crippen molar-refractivity contribution in [1.29, 1.82) is 0 Å². The average molecular weight is 377 g/mol. The van der Waals surface area contributed by atoms with E-state index >= 15 is 0 Å². The van der Waals surface area contributed by atoms with Crippen molar-refractivity contribution in [3.05, 3.63) is 29.8 Å². The highest BCUT2D eigenvalue weighted by Gasteiger charge is 2.18. The number of carbonyl (C=O) groups excluding carboxylic acids is 3. The first-order valence-corrected chi connectivity index (χ1v) is 9.42. The minimum Gasteiger partial charge on any atom is -0.482 e. The molecule has 6 nitrogen and oxygen atoms in total. The van der Waals surface area contributed by atoms with E-state index in [0.29, 0.717) is 42.7 Å². The Morgan fingerprint density at radius 1 is 0.926 bits per heavy atom. The molecule has 0 unspecified atom stereocenters. The van der Waals surface area contributed by atoms with Crippen LogP contribution in [0.25, 0.3) is 0 Å². The Kier molecular flexibility index (Phi) is 9.54. The van der Waals surface area contributed by atoms with E-state index in [1.165, 1.54) is 0 Å². The maximum Gasteiger partial charge on any atom is 0.344 e. The fourth-order valence-corrected chi connectivity index (χ4v) is 2.52. The zero-order valence-electron chi connectivity index (χ0n) is 17.0. The molecule has 150 valence electrons. The van der Waals surface area contributed by atoms with E-state index in [4.69, 9.17) is 9.47 Å². The Labute approximate surface area is 161 Å². The molecule has 27 heavy (non-hydrogen) atoms. The summed E-state index contributed by atoms with van der Waals surface area (Å²) in [6.45, 7) is 10.7. The van der Waals surface area contributed by atoms with Gasteiger partial charge < -0.3 is 14.4 Å². The first kappa shape index (κ1) is 22.7. The second-order valence-electron chi connectivity index (χ2n) is 7.34. The van der Waals surface area contributed by atoms with E-state index in [1.807, 2.05) is 27.7 Å². The van der Waals surface area contributed by atoms with Gasteiger partial charge in [0.05, 0.1) is 0 Å². The summed E-state index contributed by atoms with van der Waals surface area (Å²) in [5.74, 6) is 0.391. The summed E-state index contributed by atoms with van der Waals surface area (Å²) in [4.78, 5) is 37.4. The Morgan fingerprint density at radius 3 is 1.96 bits per heavy atom. The Bertz CT molecular complexity index is 612. The number of nitrogens with zero attached hydrogens (tertiary/aromatic N) is 1. The van der Waals surface area contributed by atoms with E-state index < -0.39 is 5.97 Å². The number of amides is 1. The molecule has 1 aromatic carbocycles. The predicted molar refractivity (Wildman–Crippen MR) is 104 cm³/mol. The van der Waals surface area contributed by atoms with Gasteiger partial charge in [-0.1, -0.05) is 34.6 Å². The van der Waals surface area contributed by atoms with Crippen LogP contribution in [0.15, 0.2) is 24.3 Å². The van der Waals surface area contributed by atoms with Gasteiger partial charge in [0.25, 0.3) is 5.91 Å². The van der Waals surface area contributed by atoms with Crippen LogP contribution in [0.3, 0.4) is 0 Å². The van der Waals surface area contributed by atoms with E-state index in [9.17, 15) is 14.4 Å². The van der Waals surface area contributed by atoms with E-state index in [2.05, 4.69) is 0 Å². The lowest BCUT2D eigenvalue weighted by atomic mass is 10.1. The van der Waals surface area contributed by atoms with Gasteiger partial charge in [-0.3, -0.25) is 9.59 Å². The smallest absolute Gasteiger partial charge is 0.344 e. The summed E-state index contributed by atoms with van der Waals surface area (Å²) in [5.41, 5.74) is 0.605. The molecule has 6 heteroatoms. The van der Waals surface area contributed by atoms with Crippen molar-refractivity contribution in [3.63, 3.8) is 0 Å². The zero-order valence-corrected chi connectivity index (χ0v) is 17.0. The highest BCUT2D eigenvalue weighted by atomic mass is 16.6. The van der Waals surface area contributed by atoms with Crippen LogP contribution in [0, 0.1) is 11.8 Å². The molecule has 0 saturated carbocycles. The lowest BCUT2D eigenvalue weighted by Gasteiger charge is -2.26. The number of rotatable bonds is 11. The second-order valence-corrected chi connectivity index (χ2v) is 7.34. The quantitative estimate of drug-likeness (QED) is 0.437. The van der Waals surface area contributed by atoms with E-state index in [0.717, 1.165) is 0 Å². The van der Waals surface area contributed by atoms with Crippen LogP contribution in [0.2, 0.25) is 0 Å². The summed E-state index contributed by atoms with van der Waals surface area (Å²) >= 11 is 0. The Balaban J connectivity index is 2.45. The number of Topliss-reactive ketones (excluding diaryl/α,β-unsaturated/α-hetero) is 1. The van der Waals surface area contributed by atoms with Crippen molar-refractivity contribution in [2.24, 2.45) is 11.8 Å². The van der Waals surface area contributed by atoms with Gasteiger partial charge in [-0.25, -0.2) is 4.79 Å². The van der Waals surface area contributed by atoms with Crippen LogP contribution in [0.1, 0.15) is 51.4 Å².